The van der Waals surface area contributed by atoms with Gasteiger partial charge in [0.15, 0.2) is 5.82 Å². The van der Waals surface area contributed by atoms with Crippen LogP contribution in [-0.4, -0.2) is 36.5 Å². The van der Waals surface area contributed by atoms with Crippen LogP contribution in [0.3, 0.4) is 0 Å². The quantitative estimate of drug-likeness (QED) is 0.575. The lowest BCUT2D eigenvalue weighted by molar-refractivity contribution is 0.100. The zero-order valence-corrected chi connectivity index (χ0v) is 17.1. The molecule has 0 bridgehead atoms. The molecule has 0 saturated heterocycles. The summed E-state index contributed by atoms with van der Waals surface area (Å²) in [6, 6.07) is 11.1. The highest BCUT2D eigenvalue weighted by Gasteiger charge is 2.19. The number of nitrogens with two attached hydrogens (primary N) is 1. The Morgan fingerprint density at radius 2 is 1.93 bits per heavy atom. The maximum Gasteiger partial charge on any atom is 0.254 e. The summed E-state index contributed by atoms with van der Waals surface area (Å²) in [6.45, 7) is 1.94. The van der Waals surface area contributed by atoms with Crippen LogP contribution in [0.4, 0.5) is 5.82 Å². The second-order valence-electron chi connectivity index (χ2n) is 6.41. The standard InChI is InChI=1S/C21H21ClN4O3/c1-12-7-17(28-2)15(18(8-12)29-3)11-24-21-19(20(23)27)16(25-26-21)10-13-5-4-6-14(22)9-13/h4-9,11H,10H2,1-3H3,(H2,23,27)(H,25,26). The molecule has 0 aliphatic carbocycles. The van der Waals surface area contributed by atoms with Crippen molar-refractivity contribution in [1.82, 2.24) is 10.2 Å². The Morgan fingerprint density at radius 3 is 2.52 bits per heavy atom. The molecule has 7 nitrogen and oxygen atoms in total. The Morgan fingerprint density at radius 1 is 1.24 bits per heavy atom. The van der Waals surface area contributed by atoms with Crippen molar-refractivity contribution in [1.29, 1.82) is 0 Å². The second-order valence-corrected chi connectivity index (χ2v) is 6.85. The molecule has 2 aromatic carbocycles. The van der Waals surface area contributed by atoms with Gasteiger partial charge in [-0.1, -0.05) is 23.7 Å². The lowest BCUT2D eigenvalue weighted by atomic mass is 10.1. The number of methoxy groups -OCH3 is 2. The number of amides is 1. The summed E-state index contributed by atoms with van der Waals surface area (Å²) in [6.07, 6.45) is 1.96. The first-order chi connectivity index (χ1) is 13.9. The van der Waals surface area contributed by atoms with Gasteiger partial charge in [0.05, 0.1) is 25.5 Å². The SMILES string of the molecule is COc1cc(C)cc(OC)c1C=Nc1n[nH]c(Cc2cccc(Cl)c2)c1C(N)=O. The van der Waals surface area contributed by atoms with E-state index in [4.69, 9.17) is 26.8 Å². The predicted octanol–water partition coefficient (Wildman–Crippen LogP) is 3.83. The highest BCUT2D eigenvalue weighted by molar-refractivity contribution is 6.30. The van der Waals surface area contributed by atoms with Crippen LogP contribution in [0.2, 0.25) is 5.02 Å². The molecule has 1 heterocycles. The van der Waals surface area contributed by atoms with E-state index >= 15 is 0 Å². The summed E-state index contributed by atoms with van der Waals surface area (Å²) in [5.41, 5.74) is 8.92. The van der Waals surface area contributed by atoms with E-state index in [9.17, 15) is 4.79 Å². The fourth-order valence-electron chi connectivity index (χ4n) is 3.02. The Kier molecular flexibility index (Phi) is 6.19. The molecule has 0 aliphatic heterocycles. The van der Waals surface area contributed by atoms with Crippen LogP contribution in [0.5, 0.6) is 11.5 Å². The molecule has 150 valence electrons. The van der Waals surface area contributed by atoms with Crippen molar-refractivity contribution in [2.45, 2.75) is 13.3 Å². The molecule has 0 atom stereocenters. The van der Waals surface area contributed by atoms with Gasteiger partial charge in [0, 0.05) is 17.7 Å². The Balaban J connectivity index is 1.98. The topological polar surface area (TPSA) is 103 Å². The number of rotatable bonds is 7. The fraction of sp³-hybridized carbons (Fsp3) is 0.190. The predicted molar refractivity (Wildman–Crippen MR) is 113 cm³/mol. The number of aliphatic imine (C=N–C) groups is 1. The third-order valence-corrected chi connectivity index (χ3v) is 4.58. The number of aromatic nitrogens is 2. The Labute approximate surface area is 173 Å². The lowest BCUT2D eigenvalue weighted by Gasteiger charge is -2.11. The van der Waals surface area contributed by atoms with E-state index in [-0.39, 0.29) is 11.4 Å². The smallest absolute Gasteiger partial charge is 0.254 e. The third-order valence-electron chi connectivity index (χ3n) is 4.34. The number of hydrogen-bond donors (Lipinski definition) is 2. The van der Waals surface area contributed by atoms with Gasteiger partial charge < -0.3 is 15.2 Å². The van der Waals surface area contributed by atoms with Crippen LogP contribution in [0, 0.1) is 6.92 Å². The molecule has 3 N–H and O–H groups in total. The summed E-state index contributed by atoms with van der Waals surface area (Å²) < 4.78 is 10.9. The lowest BCUT2D eigenvalue weighted by Crippen LogP contribution is -2.13. The van der Waals surface area contributed by atoms with Crippen LogP contribution < -0.4 is 15.2 Å². The number of nitrogens with zero attached hydrogens (tertiary/aromatic N) is 2. The Bertz CT molecular complexity index is 1050. The van der Waals surface area contributed by atoms with Crippen LogP contribution in [0.25, 0.3) is 0 Å². The van der Waals surface area contributed by atoms with Gasteiger partial charge in [0.25, 0.3) is 5.91 Å². The summed E-state index contributed by atoms with van der Waals surface area (Å²) in [5, 5.41) is 7.63. The number of primary amides is 1. The number of carbonyl (C=O) groups is 1. The molecular formula is C21H21ClN4O3. The largest absolute Gasteiger partial charge is 0.496 e. The number of hydrogen-bond acceptors (Lipinski definition) is 5. The monoisotopic (exact) mass is 412 g/mol. The number of benzene rings is 2. The van der Waals surface area contributed by atoms with Crippen molar-refractivity contribution in [3.05, 3.63) is 69.4 Å². The maximum absolute atomic E-state index is 12.1. The average Bonchev–Trinajstić information content (AvgIpc) is 3.08. The molecule has 0 saturated carbocycles. The highest BCUT2D eigenvalue weighted by atomic mass is 35.5. The molecule has 3 rings (SSSR count). The number of nitrogens with one attached hydrogen (secondary N) is 1. The molecule has 8 heteroatoms. The molecule has 1 aromatic heterocycles. The van der Waals surface area contributed by atoms with E-state index in [2.05, 4.69) is 15.2 Å². The maximum atomic E-state index is 12.1. The van der Waals surface area contributed by atoms with Crippen molar-refractivity contribution in [3.8, 4) is 11.5 Å². The van der Waals surface area contributed by atoms with E-state index in [0.29, 0.717) is 34.2 Å². The van der Waals surface area contributed by atoms with E-state index in [1.165, 1.54) is 0 Å². The molecule has 3 aromatic rings. The van der Waals surface area contributed by atoms with Crippen molar-refractivity contribution in [2.24, 2.45) is 10.7 Å². The van der Waals surface area contributed by atoms with E-state index in [1.54, 1.807) is 26.5 Å². The summed E-state index contributed by atoms with van der Waals surface area (Å²) in [5.74, 6) is 0.770. The fourth-order valence-corrected chi connectivity index (χ4v) is 3.23. The van der Waals surface area contributed by atoms with E-state index < -0.39 is 5.91 Å². The molecule has 0 radical (unpaired) electrons. The molecular weight excluding hydrogens is 392 g/mol. The van der Waals surface area contributed by atoms with E-state index in [1.807, 2.05) is 37.3 Å². The Hall–Kier alpha value is -3.32. The highest BCUT2D eigenvalue weighted by Crippen LogP contribution is 2.30. The molecule has 1 amide bonds. The average molecular weight is 413 g/mol. The number of carbonyl (C=O) groups excluding carboxylic acids is 1. The summed E-state index contributed by atoms with van der Waals surface area (Å²) >= 11 is 6.04. The number of halogens is 1. The molecule has 0 spiro atoms. The van der Waals surface area contributed by atoms with Gasteiger partial charge >= 0.3 is 0 Å². The zero-order chi connectivity index (χ0) is 21.0. The van der Waals surface area contributed by atoms with Crippen LogP contribution in [0.1, 0.15) is 32.7 Å². The minimum Gasteiger partial charge on any atom is -0.496 e. The van der Waals surface area contributed by atoms with Crippen LogP contribution >= 0.6 is 11.6 Å². The van der Waals surface area contributed by atoms with Gasteiger partial charge in [-0.15, -0.1) is 0 Å². The van der Waals surface area contributed by atoms with Crippen LogP contribution in [0.15, 0.2) is 41.4 Å². The second kappa shape index (κ2) is 8.79. The summed E-state index contributed by atoms with van der Waals surface area (Å²) in [4.78, 5) is 16.4. The van der Waals surface area contributed by atoms with Gasteiger partial charge in [-0.05, 0) is 42.3 Å². The van der Waals surface area contributed by atoms with Gasteiger partial charge in [-0.25, -0.2) is 4.99 Å². The first-order valence-corrected chi connectivity index (χ1v) is 9.19. The number of aromatic amines is 1. The van der Waals surface area contributed by atoms with E-state index in [0.717, 1.165) is 11.1 Å². The van der Waals surface area contributed by atoms with Crippen LogP contribution in [-0.2, 0) is 6.42 Å². The number of aryl methyl sites for hydroxylation is 1. The van der Waals surface area contributed by atoms with Crippen molar-refractivity contribution >= 4 is 29.5 Å². The van der Waals surface area contributed by atoms with Gasteiger partial charge in [-0.3, -0.25) is 9.89 Å². The summed E-state index contributed by atoms with van der Waals surface area (Å²) in [7, 11) is 3.13. The minimum atomic E-state index is -0.620. The number of H-pyrrole nitrogens is 1. The minimum absolute atomic E-state index is 0.194. The first-order valence-electron chi connectivity index (χ1n) is 8.81. The van der Waals surface area contributed by atoms with Crippen molar-refractivity contribution in [3.63, 3.8) is 0 Å². The molecule has 0 aliphatic rings. The molecule has 29 heavy (non-hydrogen) atoms. The first kappa shape index (κ1) is 20.4. The normalized spacial score (nSPS) is 11.0. The van der Waals surface area contributed by atoms with Gasteiger partial charge in [0.1, 0.15) is 17.1 Å². The number of ether oxygens (including phenoxy) is 2. The third kappa shape index (κ3) is 4.57. The molecule has 0 unspecified atom stereocenters. The van der Waals surface area contributed by atoms with Gasteiger partial charge in [0.2, 0.25) is 0 Å². The molecule has 0 fully saturated rings. The van der Waals surface area contributed by atoms with Crippen molar-refractivity contribution in [2.75, 3.05) is 14.2 Å². The van der Waals surface area contributed by atoms with Gasteiger partial charge in [-0.2, -0.15) is 5.10 Å². The van der Waals surface area contributed by atoms with Crippen molar-refractivity contribution < 1.29 is 14.3 Å². The zero-order valence-electron chi connectivity index (χ0n) is 16.3.